The van der Waals surface area contributed by atoms with Gasteiger partial charge >= 0.3 is 5.97 Å². The van der Waals surface area contributed by atoms with Crippen molar-refractivity contribution in [3.63, 3.8) is 0 Å². The number of hydrogen-bond acceptors (Lipinski definition) is 2. The predicted molar refractivity (Wildman–Crippen MR) is 68.2 cm³/mol. The van der Waals surface area contributed by atoms with Gasteiger partial charge in [0.15, 0.2) is 0 Å². The normalized spacial score (nSPS) is 11.2. The molecule has 0 fully saturated rings. The van der Waals surface area contributed by atoms with Gasteiger partial charge in [0.2, 0.25) is 0 Å². The molecule has 1 N–H and O–H groups in total. The van der Waals surface area contributed by atoms with Crippen LogP contribution >= 0.6 is 11.6 Å². The van der Waals surface area contributed by atoms with Gasteiger partial charge in [0.25, 0.3) is 0 Å². The first-order valence-electron chi connectivity index (χ1n) is 5.04. The molecule has 0 aliphatic rings. The van der Waals surface area contributed by atoms with Gasteiger partial charge in [-0.15, -0.1) is 0 Å². The first-order valence-corrected chi connectivity index (χ1v) is 5.42. The fraction of sp³-hybridized carbons (Fsp3) is 0.0769. The fourth-order valence-electron chi connectivity index (χ4n) is 1.63. The zero-order valence-corrected chi connectivity index (χ0v) is 9.90. The van der Waals surface area contributed by atoms with E-state index >= 15 is 0 Å². The van der Waals surface area contributed by atoms with Gasteiger partial charge in [-0.25, -0.2) is 9.78 Å². The number of carboxylic acids is 1. The highest BCUT2D eigenvalue weighted by Gasteiger charge is 2.02. The summed E-state index contributed by atoms with van der Waals surface area (Å²) < 4.78 is 0. The van der Waals surface area contributed by atoms with Crippen LogP contribution in [0, 0.1) is 6.92 Å². The van der Waals surface area contributed by atoms with Crippen molar-refractivity contribution in [3.05, 3.63) is 46.6 Å². The lowest BCUT2D eigenvalue weighted by molar-refractivity contribution is -0.131. The summed E-state index contributed by atoms with van der Waals surface area (Å²) >= 11 is 5.91. The molecule has 4 heteroatoms. The van der Waals surface area contributed by atoms with Crippen molar-refractivity contribution in [2.24, 2.45) is 0 Å². The summed E-state index contributed by atoms with van der Waals surface area (Å²) in [4.78, 5) is 14.8. The maximum absolute atomic E-state index is 10.4. The van der Waals surface area contributed by atoms with Crippen molar-refractivity contribution in [2.45, 2.75) is 6.92 Å². The van der Waals surface area contributed by atoms with Gasteiger partial charge in [0.1, 0.15) is 0 Å². The summed E-state index contributed by atoms with van der Waals surface area (Å²) in [6.45, 7) is 1.94. The molecule has 0 amide bonds. The number of carboxylic acid groups (broad SMARTS) is 1. The molecule has 2 rings (SSSR count). The number of aryl methyl sites for hydroxylation is 1. The van der Waals surface area contributed by atoms with Gasteiger partial charge in [-0.05, 0) is 42.8 Å². The quantitative estimate of drug-likeness (QED) is 0.829. The number of hydrogen-bond donors (Lipinski definition) is 1. The van der Waals surface area contributed by atoms with Crippen LogP contribution in [0.4, 0.5) is 0 Å². The Morgan fingerprint density at radius 2 is 2.18 bits per heavy atom. The molecule has 1 aromatic heterocycles. The van der Waals surface area contributed by atoms with Crippen LogP contribution < -0.4 is 0 Å². The molecular weight excluding hydrogens is 238 g/mol. The summed E-state index contributed by atoms with van der Waals surface area (Å²) in [5.41, 5.74) is 2.45. The number of nitrogens with zero attached hydrogens (tertiary/aromatic N) is 1. The fourth-order valence-corrected chi connectivity index (χ4v) is 1.81. The third-order valence-electron chi connectivity index (χ3n) is 2.39. The van der Waals surface area contributed by atoms with E-state index in [9.17, 15) is 4.79 Å². The van der Waals surface area contributed by atoms with Crippen molar-refractivity contribution >= 4 is 34.5 Å². The molecule has 0 radical (unpaired) electrons. The van der Waals surface area contributed by atoms with Crippen LogP contribution in [0.5, 0.6) is 0 Å². The second kappa shape index (κ2) is 4.55. The number of pyridine rings is 1. The molecule has 0 saturated carbocycles. The maximum Gasteiger partial charge on any atom is 0.328 e. The Bertz CT molecular complexity index is 620. The van der Waals surface area contributed by atoms with Gasteiger partial charge in [0, 0.05) is 16.5 Å². The second-order valence-electron chi connectivity index (χ2n) is 3.70. The Morgan fingerprint density at radius 3 is 2.88 bits per heavy atom. The SMILES string of the molecule is Cc1cc(/C=C/C(=O)O)nc2ccc(Cl)cc12. The number of rotatable bonds is 2. The average Bonchev–Trinajstić information content (AvgIpc) is 2.27. The number of carbonyl (C=O) groups is 1. The third-order valence-corrected chi connectivity index (χ3v) is 2.63. The first kappa shape index (κ1) is 11.6. The zero-order chi connectivity index (χ0) is 12.4. The van der Waals surface area contributed by atoms with Crippen molar-refractivity contribution in [3.8, 4) is 0 Å². The van der Waals surface area contributed by atoms with Crippen molar-refractivity contribution < 1.29 is 9.90 Å². The van der Waals surface area contributed by atoms with E-state index in [1.165, 1.54) is 6.08 Å². The van der Waals surface area contributed by atoms with Crippen LogP contribution in [0.2, 0.25) is 5.02 Å². The van der Waals surface area contributed by atoms with E-state index in [1.54, 1.807) is 6.07 Å². The lowest BCUT2D eigenvalue weighted by Gasteiger charge is -2.03. The topological polar surface area (TPSA) is 50.2 Å². The van der Waals surface area contributed by atoms with Crippen molar-refractivity contribution in [1.82, 2.24) is 4.98 Å². The Hall–Kier alpha value is -1.87. The summed E-state index contributed by atoms with van der Waals surface area (Å²) in [5.74, 6) is -0.986. The van der Waals surface area contributed by atoms with E-state index in [0.717, 1.165) is 22.5 Å². The monoisotopic (exact) mass is 247 g/mol. The predicted octanol–water partition coefficient (Wildman–Crippen LogP) is 3.29. The molecule has 86 valence electrons. The Kier molecular flexibility index (Phi) is 3.11. The molecule has 1 aromatic carbocycles. The second-order valence-corrected chi connectivity index (χ2v) is 4.13. The van der Waals surface area contributed by atoms with Crippen molar-refractivity contribution in [2.75, 3.05) is 0 Å². The molecule has 3 nitrogen and oxygen atoms in total. The summed E-state index contributed by atoms with van der Waals surface area (Å²) in [5, 5.41) is 10.2. The highest BCUT2D eigenvalue weighted by molar-refractivity contribution is 6.31. The van der Waals surface area contributed by atoms with Gasteiger partial charge in [-0.1, -0.05) is 11.6 Å². The average molecular weight is 248 g/mol. The maximum atomic E-state index is 10.4. The molecule has 1 heterocycles. The highest BCUT2D eigenvalue weighted by Crippen LogP contribution is 2.22. The lowest BCUT2D eigenvalue weighted by atomic mass is 10.1. The largest absolute Gasteiger partial charge is 0.478 e. The molecular formula is C13H10ClNO2. The van der Waals surface area contributed by atoms with Crippen LogP contribution in [0.1, 0.15) is 11.3 Å². The third kappa shape index (κ3) is 2.63. The summed E-state index contributed by atoms with van der Waals surface area (Å²) in [6.07, 6.45) is 2.55. The number of aromatic nitrogens is 1. The van der Waals surface area contributed by atoms with Gasteiger partial charge in [-0.3, -0.25) is 0 Å². The Morgan fingerprint density at radius 1 is 1.41 bits per heavy atom. The standard InChI is InChI=1S/C13H10ClNO2/c1-8-6-10(3-5-13(16)17)15-12-4-2-9(14)7-11(8)12/h2-7H,1H3,(H,16,17)/b5-3+. The van der Waals surface area contributed by atoms with Crippen LogP contribution in [-0.4, -0.2) is 16.1 Å². The van der Waals surface area contributed by atoms with E-state index in [2.05, 4.69) is 4.98 Å². The van der Waals surface area contributed by atoms with Crippen LogP contribution in [0.15, 0.2) is 30.3 Å². The molecule has 0 saturated heterocycles. The minimum Gasteiger partial charge on any atom is -0.478 e. The number of fused-ring (bicyclic) bond motifs is 1. The van der Waals surface area contributed by atoms with Gasteiger partial charge in [-0.2, -0.15) is 0 Å². The minimum absolute atomic E-state index is 0.625. The van der Waals surface area contributed by atoms with E-state index in [0.29, 0.717) is 10.7 Å². The van der Waals surface area contributed by atoms with E-state index in [1.807, 2.05) is 25.1 Å². The van der Waals surface area contributed by atoms with Gasteiger partial charge < -0.3 is 5.11 Å². The molecule has 2 aromatic rings. The van der Waals surface area contributed by atoms with Crippen LogP contribution in [0.3, 0.4) is 0 Å². The summed E-state index contributed by atoms with van der Waals surface area (Å²) in [7, 11) is 0. The highest BCUT2D eigenvalue weighted by atomic mass is 35.5. The van der Waals surface area contributed by atoms with E-state index < -0.39 is 5.97 Å². The lowest BCUT2D eigenvalue weighted by Crippen LogP contribution is -1.90. The molecule has 0 aliphatic heterocycles. The Labute approximate surface area is 103 Å². The van der Waals surface area contributed by atoms with E-state index in [4.69, 9.17) is 16.7 Å². The molecule has 0 atom stereocenters. The van der Waals surface area contributed by atoms with E-state index in [-0.39, 0.29) is 0 Å². The number of benzene rings is 1. The summed E-state index contributed by atoms with van der Waals surface area (Å²) in [6, 6.07) is 7.27. The molecule has 0 unspecified atom stereocenters. The van der Waals surface area contributed by atoms with Gasteiger partial charge in [0.05, 0.1) is 11.2 Å². The zero-order valence-electron chi connectivity index (χ0n) is 9.14. The van der Waals surface area contributed by atoms with Crippen LogP contribution in [0.25, 0.3) is 17.0 Å². The van der Waals surface area contributed by atoms with Crippen LogP contribution in [-0.2, 0) is 4.79 Å². The molecule has 17 heavy (non-hydrogen) atoms. The number of halogens is 1. The molecule has 0 spiro atoms. The first-order chi connectivity index (χ1) is 8.06. The molecule has 0 bridgehead atoms. The minimum atomic E-state index is -0.986. The Balaban J connectivity index is 2.56. The smallest absolute Gasteiger partial charge is 0.328 e. The van der Waals surface area contributed by atoms with Crippen molar-refractivity contribution in [1.29, 1.82) is 0 Å². The molecule has 0 aliphatic carbocycles. The number of aliphatic carboxylic acids is 1.